The number of hydrogen-bond donors (Lipinski definition) is 1. The Hall–Kier alpha value is -4.20. The summed E-state index contributed by atoms with van der Waals surface area (Å²) in [6, 6.07) is 9.41. The van der Waals surface area contributed by atoms with Crippen molar-refractivity contribution in [3.8, 4) is 6.07 Å². The largest absolute Gasteiger partial charge is 0.477 e. The van der Waals surface area contributed by atoms with E-state index in [4.69, 9.17) is 0 Å². The zero-order valence-electron chi connectivity index (χ0n) is 20.8. The molecular weight excluding hydrogens is 472 g/mol. The molecule has 0 spiro atoms. The number of fused-ring (bicyclic) bond motifs is 2. The van der Waals surface area contributed by atoms with E-state index in [0.29, 0.717) is 37.0 Å². The molecule has 6 heterocycles. The van der Waals surface area contributed by atoms with Gasteiger partial charge in [-0.25, -0.2) is 19.3 Å². The maximum atomic E-state index is 13.4. The normalized spacial score (nSPS) is 25.1. The summed E-state index contributed by atoms with van der Waals surface area (Å²) in [5.41, 5.74) is 1.91. The fraction of sp³-hybridized carbons (Fsp3) is 0.462. The van der Waals surface area contributed by atoms with Gasteiger partial charge in [0.25, 0.3) is 5.91 Å². The second kappa shape index (κ2) is 8.44. The Morgan fingerprint density at radius 1 is 1.16 bits per heavy atom. The smallest absolute Gasteiger partial charge is 0.354 e. The van der Waals surface area contributed by atoms with E-state index in [-0.39, 0.29) is 29.9 Å². The monoisotopic (exact) mass is 500 g/mol. The number of pyridine rings is 2. The van der Waals surface area contributed by atoms with Gasteiger partial charge in [-0.15, -0.1) is 5.10 Å². The number of carboxylic acid groups (broad SMARTS) is 1. The number of rotatable bonds is 4. The molecule has 3 saturated heterocycles. The third-order valence-electron chi connectivity index (χ3n) is 7.98. The lowest BCUT2D eigenvalue weighted by atomic mass is 9.83. The number of aryl methyl sites for hydroxylation is 1. The van der Waals surface area contributed by atoms with E-state index in [1.54, 1.807) is 21.5 Å². The number of aromatic nitrogens is 4. The molecule has 37 heavy (non-hydrogen) atoms. The Bertz CT molecular complexity index is 1460. The lowest BCUT2D eigenvalue weighted by Crippen LogP contribution is -2.37. The number of amides is 1. The van der Waals surface area contributed by atoms with Crippen molar-refractivity contribution >= 4 is 29.0 Å². The Morgan fingerprint density at radius 3 is 2.70 bits per heavy atom. The average Bonchev–Trinajstić information content (AvgIpc) is 3.65. The van der Waals surface area contributed by atoms with Crippen molar-refractivity contribution in [3.05, 3.63) is 47.5 Å². The standard InChI is InChI=1S/C26H28N8O3/c1-16-6-7-31(9-16)19-8-17(2)23-29-22(30-34(23)12-19)24(35)33-11-18-10-32(14-26(18,13-27)15-33)21-5-3-4-20(28-21)25(36)37/h3-5,8,12,16,18H,6-7,9-11,14-15H2,1-2H3,(H,36,37). The summed E-state index contributed by atoms with van der Waals surface area (Å²) < 4.78 is 1.70. The minimum atomic E-state index is -1.09. The number of anilines is 2. The van der Waals surface area contributed by atoms with Crippen LogP contribution in [0.2, 0.25) is 0 Å². The highest BCUT2D eigenvalue weighted by atomic mass is 16.4. The molecule has 0 aliphatic carbocycles. The predicted molar refractivity (Wildman–Crippen MR) is 135 cm³/mol. The van der Waals surface area contributed by atoms with E-state index < -0.39 is 11.4 Å². The van der Waals surface area contributed by atoms with Gasteiger partial charge in [0.05, 0.1) is 23.4 Å². The summed E-state index contributed by atoms with van der Waals surface area (Å²) in [6.07, 6.45) is 3.10. The second-order valence-corrected chi connectivity index (χ2v) is 10.6. The average molecular weight is 501 g/mol. The van der Waals surface area contributed by atoms with Gasteiger partial charge in [-0.3, -0.25) is 4.79 Å². The zero-order valence-corrected chi connectivity index (χ0v) is 20.8. The minimum absolute atomic E-state index is 0.0343. The molecule has 3 aliphatic rings. The summed E-state index contributed by atoms with van der Waals surface area (Å²) in [4.78, 5) is 39.5. The van der Waals surface area contributed by atoms with Gasteiger partial charge in [-0.1, -0.05) is 13.0 Å². The molecule has 3 unspecified atom stereocenters. The van der Waals surface area contributed by atoms with Crippen LogP contribution in [-0.2, 0) is 0 Å². The molecule has 0 aromatic carbocycles. The lowest BCUT2D eigenvalue weighted by Gasteiger charge is -2.24. The zero-order chi connectivity index (χ0) is 25.9. The van der Waals surface area contributed by atoms with Crippen LogP contribution in [0.5, 0.6) is 0 Å². The van der Waals surface area contributed by atoms with Crippen molar-refractivity contribution in [2.75, 3.05) is 49.1 Å². The predicted octanol–water partition coefficient (Wildman–Crippen LogP) is 2.08. The van der Waals surface area contributed by atoms with E-state index >= 15 is 0 Å². The van der Waals surface area contributed by atoms with E-state index in [9.17, 15) is 20.0 Å². The van der Waals surface area contributed by atoms with Gasteiger partial charge in [-0.2, -0.15) is 5.26 Å². The Morgan fingerprint density at radius 2 is 2.00 bits per heavy atom. The van der Waals surface area contributed by atoms with Crippen LogP contribution in [0, 0.1) is 35.5 Å². The van der Waals surface area contributed by atoms with Crippen LogP contribution >= 0.6 is 0 Å². The lowest BCUT2D eigenvalue weighted by molar-refractivity contribution is 0.0689. The molecule has 1 N–H and O–H groups in total. The minimum Gasteiger partial charge on any atom is -0.477 e. The molecule has 3 aromatic heterocycles. The molecule has 0 saturated carbocycles. The number of carboxylic acids is 1. The van der Waals surface area contributed by atoms with Crippen LogP contribution in [0.3, 0.4) is 0 Å². The van der Waals surface area contributed by atoms with Gasteiger partial charge in [0.2, 0.25) is 5.82 Å². The summed E-state index contributed by atoms with van der Waals surface area (Å²) in [5, 5.41) is 23.9. The van der Waals surface area contributed by atoms with E-state index in [0.717, 1.165) is 30.8 Å². The first kappa shape index (κ1) is 23.2. The molecule has 11 nitrogen and oxygen atoms in total. The summed E-state index contributed by atoms with van der Waals surface area (Å²) in [5.74, 6) is -0.136. The van der Waals surface area contributed by atoms with Crippen molar-refractivity contribution < 1.29 is 14.7 Å². The number of nitrogens with zero attached hydrogens (tertiary/aromatic N) is 8. The van der Waals surface area contributed by atoms with Gasteiger partial charge in [-0.05, 0) is 43.0 Å². The molecule has 0 radical (unpaired) electrons. The van der Waals surface area contributed by atoms with Gasteiger partial charge < -0.3 is 19.8 Å². The summed E-state index contributed by atoms with van der Waals surface area (Å²) in [7, 11) is 0. The molecule has 3 fully saturated rings. The van der Waals surface area contributed by atoms with Crippen LogP contribution in [0.1, 0.15) is 40.0 Å². The molecule has 6 rings (SSSR count). The van der Waals surface area contributed by atoms with Gasteiger partial charge in [0, 0.05) is 45.2 Å². The molecule has 3 aromatic rings. The van der Waals surface area contributed by atoms with Crippen LogP contribution in [-0.4, -0.2) is 80.7 Å². The van der Waals surface area contributed by atoms with Crippen molar-refractivity contribution in [1.29, 1.82) is 5.26 Å². The first-order valence-corrected chi connectivity index (χ1v) is 12.5. The third-order valence-corrected chi connectivity index (χ3v) is 7.98. The molecular formula is C26H28N8O3. The first-order chi connectivity index (χ1) is 17.8. The van der Waals surface area contributed by atoms with E-state index in [2.05, 4.69) is 39.0 Å². The van der Waals surface area contributed by atoms with E-state index in [1.807, 2.05) is 18.0 Å². The number of nitriles is 1. The van der Waals surface area contributed by atoms with Crippen molar-refractivity contribution in [3.63, 3.8) is 0 Å². The SMILES string of the molecule is Cc1cc(N2CCC(C)C2)cn2nc(C(=O)N3CC4CN(c5cccc(C(=O)O)n5)CC4(C#N)C3)nc12. The van der Waals surface area contributed by atoms with Crippen molar-refractivity contribution in [2.45, 2.75) is 20.3 Å². The maximum absolute atomic E-state index is 13.4. The summed E-state index contributed by atoms with van der Waals surface area (Å²) >= 11 is 0. The first-order valence-electron chi connectivity index (χ1n) is 12.5. The number of carbonyl (C=O) groups excluding carboxylic acids is 1. The topological polar surface area (TPSA) is 131 Å². The van der Waals surface area contributed by atoms with Crippen LogP contribution in [0.4, 0.5) is 11.5 Å². The number of likely N-dealkylation sites (tertiary alicyclic amines) is 1. The molecule has 3 atom stereocenters. The van der Waals surface area contributed by atoms with Crippen molar-refractivity contribution in [1.82, 2.24) is 24.5 Å². The molecule has 1 amide bonds. The summed E-state index contributed by atoms with van der Waals surface area (Å²) in [6.45, 7) is 7.82. The highest BCUT2D eigenvalue weighted by molar-refractivity contribution is 5.91. The highest BCUT2D eigenvalue weighted by Gasteiger charge is 2.55. The highest BCUT2D eigenvalue weighted by Crippen LogP contribution is 2.43. The maximum Gasteiger partial charge on any atom is 0.354 e. The quantitative estimate of drug-likeness (QED) is 0.572. The Kier molecular flexibility index (Phi) is 5.29. The fourth-order valence-corrected chi connectivity index (χ4v) is 5.97. The van der Waals surface area contributed by atoms with Crippen LogP contribution in [0.15, 0.2) is 30.5 Å². The number of hydrogen-bond acceptors (Lipinski definition) is 8. The number of carbonyl (C=O) groups is 2. The number of aromatic carboxylic acids is 1. The van der Waals surface area contributed by atoms with Crippen molar-refractivity contribution in [2.24, 2.45) is 17.3 Å². The van der Waals surface area contributed by atoms with Crippen LogP contribution in [0.25, 0.3) is 5.65 Å². The Labute approximate surface area is 213 Å². The molecule has 3 aliphatic heterocycles. The molecule has 0 bridgehead atoms. The van der Waals surface area contributed by atoms with Gasteiger partial charge in [0.1, 0.15) is 5.82 Å². The van der Waals surface area contributed by atoms with Gasteiger partial charge >= 0.3 is 5.97 Å². The second-order valence-electron chi connectivity index (χ2n) is 10.6. The van der Waals surface area contributed by atoms with Crippen LogP contribution < -0.4 is 9.80 Å². The third kappa shape index (κ3) is 3.84. The molecule has 190 valence electrons. The molecule has 11 heteroatoms. The fourth-order valence-electron chi connectivity index (χ4n) is 5.97. The van der Waals surface area contributed by atoms with E-state index in [1.165, 1.54) is 6.07 Å². The Balaban J connectivity index is 1.21. The van der Waals surface area contributed by atoms with Gasteiger partial charge in [0.15, 0.2) is 11.3 Å².